The molecule has 170 valence electrons. The van der Waals surface area contributed by atoms with Crippen LogP contribution in [0.15, 0.2) is 53.0 Å². The molecule has 0 fully saturated rings. The van der Waals surface area contributed by atoms with Gasteiger partial charge >= 0.3 is 0 Å². The molecule has 1 aromatic carbocycles. The summed E-state index contributed by atoms with van der Waals surface area (Å²) in [6.45, 7) is 10.7. The smallest absolute Gasteiger partial charge is 0.239 e. The van der Waals surface area contributed by atoms with Crippen molar-refractivity contribution in [2.24, 2.45) is 5.92 Å². The Morgan fingerprint density at radius 1 is 1.22 bits per heavy atom. The van der Waals surface area contributed by atoms with E-state index >= 15 is 0 Å². The fourth-order valence-corrected chi connectivity index (χ4v) is 5.66. The number of nitrogens with zero attached hydrogens (tertiary/aromatic N) is 5. The second-order valence-corrected chi connectivity index (χ2v) is 10.8. The molecular weight excluding hydrogens is 460 g/mol. The van der Waals surface area contributed by atoms with E-state index in [9.17, 15) is 4.79 Å². The summed E-state index contributed by atoms with van der Waals surface area (Å²) in [6.07, 6.45) is 3.33. The van der Waals surface area contributed by atoms with E-state index in [4.69, 9.17) is 0 Å². The summed E-state index contributed by atoms with van der Waals surface area (Å²) in [7, 11) is 0. The molecule has 1 atom stereocenters. The van der Waals surface area contributed by atoms with Crippen LogP contribution in [0.3, 0.4) is 0 Å². The lowest BCUT2D eigenvalue weighted by Gasteiger charge is -2.14. The molecule has 1 unspecified atom stereocenters. The summed E-state index contributed by atoms with van der Waals surface area (Å²) in [5.74, 6) is 1.95. The Morgan fingerprint density at radius 3 is 2.69 bits per heavy atom. The number of thioether (sulfide) groups is 2. The SMILES string of the molecule is C=CCn1c(CSc2ccccc2)nnc1SC(CC)C(=O)Nc1nnc(CC(C)C)s1. The topological polar surface area (TPSA) is 85.6 Å². The first-order valence-corrected chi connectivity index (χ1v) is 13.2. The van der Waals surface area contributed by atoms with E-state index in [1.807, 2.05) is 35.8 Å². The Kier molecular flexibility index (Phi) is 9.31. The fraction of sp³-hybridized carbons (Fsp3) is 0.409. The van der Waals surface area contributed by atoms with Crippen LogP contribution in [0.25, 0.3) is 0 Å². The standard InChI is InChI=1S/C22H28N6OS3/c1-5-12-28-18(14-30-16-10-8-7-9-11-16)24-27-22(28)31-17(6-2)20(29)23-21-26-25-19(32-21)13-15(3)4/h5,7-11,15,17H,1,6,12-14H2,2-4H3,(H,23,26,29). The highest BCUT2D eigenvalue weighted by molar-refractivity contribution is 8.00. The number of carbonyl (C=O) groups excluding carboxylic acids is 1. The molecule has 0 aliphatic carbocycles. The van der Waals surface area contributed by atoms with Crippen molar-refractivity contribution in [1.82, 2.24) is 25.0 Å². The maximum Gasteiger partial charge on any atom is 0.239 e. The van der Waals surface area contributed by atoms with Crippen LogP contribution in [0.1, 0.15) is 38.0 Å². The summed E-state index contributed by atoms with van der Waals surface area (Å²) in [5, 5.41) is 21.8. The molecule has 1 N–H and O–H groups in total. The van der Waals surface area contributed by atoms with Crippen molar-refractivity contribution in [3.63, 3.8) is 0 Å². The Morgan fingerprint density at radius 2 is 2.00 bits per heavy atom. The number of hydrogen-bond donors (Lipinski definition) is 1. The third kappa shape index (κ3) is 6.91. The minimum Gasteiger partial charge on any atom is -0.301 e. The van der Waals surface area contributed by atoms with Crippen LogP contribution < -0.4 is 5.32 Å². The van der Waals surface area contributed by atoms with Crippen molar-refractivity contribution >= 4 is 45.9 Å². The first-order chi connectivity index (χ1) is 15.5. The van der Waals surface area contributed by atoms with E-state index in [2.05, 4.69) is 58.3 Å². The number of allylic oxidation sites excluding steroid dienone is 1. The van der Waals surface area contributed by atoms with Gasteiger partial charge in [0.25, 0.3) is 0 Å². The van der Waals surface area contributed by atoms with E-state index in [1.54, 1.807) is 11.8 Å². The normalized spacial score (nSPS) is 12.1. The molecule has 2 heterocycles. The Bertz CT molecular complexity index is 1020. The average Bonchev–Trinajstić information content (AvgIpc) is 3.37. The Hall–Kier alpha value is -2.17. The molecule has 0 radical (unpaired) electrons. The van der Waals surface area contributed by atoms with Crippen LogP contribution in [0.5, 0.6) is 0 Å². The lowest BCUT2D eigenvalue weighted by atomic mass is 10.1. The zero-order chi connectivity index (χ0) is 22.9. The van der Waals surface area contributed by atoms with Gasteiger partial charge in [0, 0.05) is 17.9 Å². The molecule has 7 nitrogen and oxygen atoms in total. The van der Waals surface area contributed by atoms with Gasteiger partial charge in [-0.1, -0.05) is 68.1 Å². The van der Waals surface area contributed by atoms with Crippen LogP contribution in [-0.4, -0.2) is 36.1 Å². The monoisotopic (exact) mass is 488 g/mol. The van der Waals surface area contributed by atoms with Gasteiger partial charge in [-0.25, -0.2) is 0 Å². The molecule has 32 heavy (non-hydrogen) atoms. The van der Waals surface area contributed by atoms with Gasteiger partial charge in [0.15, 0.2) is 5.16 Å². The van der Waals surface area contributed by atoms with Crippen LogP contribution in [0.2, 0.25) is 0 Å². The summed E-state index contributed by atoms with van der Waals surface area (Å²) in [5.41, 5.74) is 0. The van der Waals surface area contributed by atoms with Crippen LogP contribution in [0.4, 0.5) is 5.13 Å². The average molecular weight is 489 g/mol. The van der Waals surface area contributed by atoms with Gasteiger partial charge in [0.2, 0.25) is 11.0 Å². The van der Waals surface area contributed by atoms with Crippen molar-refractivity contribution in [2.75, 3.05) is 5.32 Å². The molecule has 2 aromatic heterocycles. The summed E-state index contributed by atoms with van der Waals surface area (Å²) in [4.78, 5) is 14.1. The summed E-state index contributed by atoms with van der Waals surface area (Å²) < 4.78 is 2.02. The zero-order valence-electron chi connectivity index (χ0n) is 18.5. The maximum atomic E-state index is 12.9. The second-order valence-electron chi connectivity index (χ2n) is 7.50. The lowest BCUT2D eigenvalue weighted by molar-refractivity contribution is -0.115. The van der Waals surface area contributed by atoms with Gasteiger partial charge in [-0.2, -0.15) is 0 Å². The quantitative estimate of drug-likeness (QED) is 0.273. The van der Waals surface area contributed by atoms with Crippen molar-refractivity contribution < 1.29 is 4.79 Å². The molecule has 0 aliphatic rings. The van der Waals surface area contributed by atoms with E-state index in [0.29, 0.717) is 34.9 Å². The largest absolute Gasteiger partial charge is 0.301 e. The highest BCUT2D eigenvalue weighted by Gasteiger charge is 2.23. The molecular formula is C22H28N6OS3. The van der Waals surface area contributed by atoms with Crippen molar-refractivity contribution in [3.05, 3.63) is 53.8 Å². The van der Waals surface area contributed by atoms with Gasteiger partial charge < -0.3 is 4.57 Å². The Balaban J connectivity index is 1.66. The highest BCUT2D eigenvalue weighted by atomic mass is 32.2. The van der Waals surface area contributed by atoms with Crippen LogP contribution in [0, 0.1) is 5.92 Å². The van der Waals surface area contributed by atoms with Gasteiger partial charge in [-0.15, -0.1) is 38.7 Å². The van der Waals surface area contributed by atoms with Crippen LogP contribution >= 0.6 is 34.9 Å². The minimum absolute atomic E-state index is 0.0990. The molecule has 3 aromatic rings. The number of carbonyl (C=O) groups is 1. The number of rotatable bonds is 12. The molecule has 0 spiro atoms. The third-order valence-electron chi connectivity index (χ3n) is 4.41. The molecule has 1 amide bonds. The molecule has 10 heteroatoms. The predicted molar refractivity (Wildman–Crippen MR) is 133 cm³/mol. The number of hydrogen-bond acceptors (Lipinski definition) is 8. The van der Waals surface area contributed by atoms with Gasteiger partial charge in [-0.05, 0) is 24.5 Å². The fourth-order valence-electron chi connectivity index (χ4n) is 2.86. The number of aromatic nitrogens is 5. The third-order valence-corrected chi connectivity index (χ3v) is 7.62. The van der Waals surface area contributed by atoms with E-state index < -0.39 is 0 Å². The van der Waals surface area contributed by atoms with E-state index in [1.165, 1.54) is 28.0 Å². The molecule has 0 aliphatic heterocycles. The van der Waals surface area contributed by atoms with E-state index in [-0.39, 0.29) is 11.2 Å². The first kappa shape index (κ1) is 24.5. The molecule has 0 saturated heterocycles. The van der Waals surface area contributed by atoms with Gasteiger partial charge in [0.05, 0.1) is 11.0 Å². The molecule has 3 rings (SSSR count). The zero-order valence-corrected chi connectivity index (χ0v) is 21.0. The summed E-state index contributed by atoms with van der Waals surface area (Å²) in [6, 6.07) is 10.2. The van der Waals surface area contributed by atoms with Crippen molar-refractivity contribution in [1.29, 1.82) is 0 Å². The first-order valence-electron chi connectivity index (χ1n) is 10.5. The van der Waals surface area contributed by atoms with Crippen molar-refractivity contribution in [2.45, 2.75) is 61.2 Å². The van der Waals surface area contributed by atoms with Crippen LogP contribution in [-0.2, 0) is 23.5 Å². The second kappa shape index (κ2) is 12.2. The molecule has 0 bridgehead atoms. The summed E-state index contributed by atoms with van der Waals surface area (Å²) >= 11 is 4.56. The highest BCUT2D eigenvalue weighted by Crippen LogP contribution is 2.29. The lowest BCUT2D eigenvalue weighted by Crippen LogP contribution is -2.25. The van der Waals surface area contributed by atoms with E-state index in [0.717, 1.165) is 17.3 Å². The Labute approximate surface area is 201 Å². The predicted octanol–water partition coefficient (Wildman–Crippen LogP) is 5.32. The number of nitrogens with one attached hydrogen (secondary N) is 1. The molecule has 0 saturated carbocycles. The van der Waals surface area contributed by atoms with Gasteiger partial charge in [-0.3, -0.25) is 10.1 Å². The van der Waals surface area contributed by atoms with Crippen molar-refractivity contribution in [3.8, 4) is 0 Å². The van der Waals surface area contributed by atoms with Gasteiger partial charge in [0.1, 0.15) is 10.8 Å². The number of benzene rings is 1. The maximum absolute atomic E-state index is 12.9. The number of anilines is 1. The minimum atomic E-state index is -0.310. The number of amides is 1.